The van der Waals surface area contributed by atoms with Crippen molar-refractivity contribution in [3.63, 3.8) is 0 Å². The van der Waals surface area contributed by atoms with Crippen molar-refractivity contribution < 1.29 is 14.3 Å². The topological polar surface area (TPSA) is 126 Å². The quantitative estimate of drug-likeness (QED) is 0.408. The molecule has 0 radical (unpaired) electrons. The second-order valence-electron chi connectivity index (χ2n) is 5.07. The van der Waals surface area contributed by atoms with Crippen molar-refractivity contribution in [2.45, 2.75) is 19.3 Å². The van der Waals surface area contributed by atoms with Crippen LogP contribution in [0, 0.1) is 0 Å². The van der Waals surface area contributed by atoms with Gasteiger partial charge in [0.25, 0.3) is 5.91 Å². The average molecular weight is 324 g/mol. The second-order valence-corrected chi connectivity index (χ2v) is 5.07. The molecule has 130 valence electrons. The molecular formula is C16H28N4O3. The van der Waals surface area contributed by atoms with Crippen LogP contribution in [0.2, 0.25) is 0 Å². The molecule has 0 atom stereocenters. The van der Waals surface area contributed by atoms with Gasteiger partial charge in [-0.2, -0.15) is 0 Å². The minimum Gasteiger partial charge on any atom is -0.493 e. The molecule has 7 heteroatoms. The smallest absolute Gasteiger partial charge is 0.251 e. The van der Waals surface area contributed by atoms with Gasteiger partial charge in [0.1, 0.15) is 11.5 Å². The van der Waals surface area contributed by atoms with E-state index in [1.807, 2.05) is 0 Å². The Morgan fingerprint density at radius 2 is 1.39 bits per heavy atom. The summed E-state index contributed by atoms with van der Waals surface area (Å²) in [5, 5.41) is 2.82. The van der Waals surface area contributed by atoms with E-state index in [2.05, 4.69) is 5.32 Å². The van der Waals surface area contributed by atoms with Crippen molar-refractivity contribution in [2.75, 3.05) is 39.4 Å². The van der Waals surface area contributed by atoms with Crippen molar-refractivity contribution in [2.24, 2.45) is 17.2 Å². The van der Waals surface area contributed by atoms with Gasteiger partial charge in [-0.3, -0.25) is 4.79 Å². The maximum absolute atomic E-state index is 12.2. The van der Waals surface area contributed by atoms with Gasteiger partial charge in [-0.1, -0.05) is 0 Å². The van der Waals surface area contributed by atoms with E-state index in [1.165, 1.54) is 0 Å². The molecule has 23 heavy (non-hydrogen) atoms. The zero-order valence-corrected chi connectivity index (χ0v) is 13.6. The Morgan fingerprint density at radius 1 is 0.870 bits per heavy atom. The lowest BCUT2D eigenvalue weighted by Crippen LogP contribution is -2.26. The highest BCUT2D eigenvalue weighted by molar-refractivity contribution is 5.95. The van der Waals surface area contributed by atoms with E-state index in [4.69, 9.17) is 26.7 Å². The Balaban J connectivity index is 2.77. The molecule has 0 heterocycles. The predicted octanol–water partition coefficient (Wildman–Crippen LogP) is 0.220. The summed E-state index contributed by atoms with van der Waals surface area (Å²) in [7, 11) is 0. The first-order valence-corrected chi connectivity index (χ1v) is 8.00. The fraction of sp³-hybridized carbons (Fsp3) is 0.562. The van der Waals surface area contributed by atoms with E-state index in [0.717, 1.165) is 19.3 Å². The molecular weight excluding hydrogens is 296 g/mol. The normalized spacial score (nSPS) is 10.4. The number of nitrogens with one attached hydrogen (secondary N) is 1. The predicted molar refractivity (Wildman–Crippen MR) is 90.8 cm³/mol. The lowest BCUT2D eigenvalue weighted by Gasteiger charge is -2.12. The van der Waals surface area contributed by atoms with Gasteiger partial charge < -0.3 is 32.0 Å². The fourth-order valence-corrected chi connectivity index (χ4v) is 1.82. The van der Waals surface area contributed by atoms with Gasteiger partial charge >= 0.3 is 0 Å². The highest BCUT2D eigenvalue weighted by Gasteiger charge is 2.10. The van der Waals surface area contributed by atoms with Gasteiger partial charge in [-0.25, -0.2) is 0 Å². The molecule has 0 aliphatic rings. The molecule has 1 rings (SSSR count). The fourth-order valence-electron chi connectivity index (χ4n) is 1.82. The first-order chi connectivity index (χ1) is 11.2. The zero-order chi connectivity index (χ0) is 16.9. The van der Waals surface area contributed by atoms with Crippen molar-refractivity contribution >= 4 is 5.91 Å². The van der Waals surface area contributed by atoms with E-state index in [9.17, 15) is 4.79 Å². The minimum atomic E-state index is -0.175. The maximum atomic E-state index is 12.2. The lowest BCUT2D eigenvalue weighted by atomic mass is 10.2. The monoisotopic (exact) mass is 324 g/mol. The van der Waals surface area contributed by atoms with Crippen LogP contribution < -0.4 is 32.0 Å². The summed E-state index contributed by atoms with van der Waals surface area (Å²) in [5.74, 6) is 1.01. The average Bonchev–Trinajstić information content (AvgIpc) is 2.55. The van der Waals surface area contributed by atoms with Crippen LogP contribution in [-0.2, 0) is 0 Å². The number of carbonyl (C=O) groups excluding carboxylic acids is 1. The van der Waals surface area contributed by atoms with Crippen LogP contribution in [0.15, 0.2) is 18.2 Å². The maximum Gasteiger partial charge on any atom is 0.251 e. The van der Waals surface area contributed by atoms with Crippen LogP contribution in [0.1, 0.15) is 29.6 Å². The summed E-state index contributed by atoms with van der Waals surface area (Å²) in [6.07, 6.45) is 2.23. The third-order valence-electron chi connectivity index (χ3n) is 3.04. The Bertz CT molecular complexity index is 440. The number of carbonyl (C=O) groups is 1. The number of benzene rings is 1. The van der Waals surface area contributed by atoms with Crippen LogP contribution in [-0.4, -0.2) is 45.3 Å². The summed E-state index contributed by atoms with van der Waals surface area (Å²) in [6.45, 7) is 3.18. The molecule has 0 spiro atoms. The van der Waals surface area contributed by atoms with E-state index >= 15 is 0 Å². The van der Waals surface area contributed by atoms with Crippen LogP contribution in [0.4, 0.5) is 0 Å². The molecule has 1 aromatic carbocycles. The number of hydrogen-bond acceptors (Lipinski definition) is 6. The Hall–Kier alpha value is -1.83. The van der Waals surface area contributed by atoms with Gasteiger partial charge in [-0.05, 0) is 51.0 Å². The zero-order valence-electron chi connectivity index (χ0n) is 13.6. The molecule has 0 fully saturated rings. The van der Waals surface area contributed by atoms with Gasteiger partial charge in [-0.15, -0.1) is 0 Å². The Morgan fingerprint density at radius 3 is 1.87 bits per heavy atom. The largest absolute Gasteiger partial charge is 0.493 e. The van der Waals surface area contributed by atoms with E-state index in [1.54, 1.807) is 18.2 Å². The molecule has 0 aliphatic heterocycles. The number of nitrogens with two attached hydrogens (primary N) is 3. The molecule has 7 N–H and O–H groups in total. The van der Waals surface area contributed by atoms with Crippen molar-refractivity contribution in [1.82, 2.24) is 5.32 Å². The summed E-state index contributed by atoms with van der Waals surface area (Å²) < 4.78 is 11.3. The molecule has 0 saturated carbocycles. The number of hydrogen-bond donors (Lipinski definition) is 4. The molecule has 0 bridgehead atoms. The van der Waals surface area contributed by atoms with E-state index in [-0.39, 0.29) is 5.91 Å². The molecule has 0 aromatic heterocycles. The number of amides is 1. The summed E-state index contributed by atoms with van der Waals surface area (Å²) in [4.78, 5) is 12.2. The third-order valence-corrected chi connectivity index (χ3v) is 3.04. The van der Waals surface area contributed by atoms with Crippen LogP contribution in [0.5, 0.6) is 11.5 Å². The Kier molecular flexibility index (Phi) is 9.78. The van der Waals surface area contributed by atoms with Crippen molar-refractivity contribution in [3.05, 3.63) is 23.8 Å². The third kappa shape index (κ3) is 7.83. The van der Waals surface area contributed by atoms with E-state index < -0.39 is 0 Å². The van der Waals surface area contributed by atoms with Gasteiger partial charge in [0.05, 0.1) is 13.2 Å². The first kappa shape index (κ1) is 19.2. The molecule has 0 aliphatic carbocycles. The lowest BCUT2D eigenvalue weighted by molar-refractivity contribution is 0.0952. The molecule has 0 unspecified atom stereocenters. The van der Waals surface area contributed by atoms with Gasteiger partial charge in [0.2, 0.25) is 0 Å². The molecule has 7 nitrogen and oxygen atoms in total. The second kappa shape index (κ2) is 11.7. The molecule has 0 saturated heterocycles. The highest BCUT2D eigenvalue weighted by Crippen LogP contribution is 2.23. The minimum absolute atomic E-state index is 0.175. The van der Waals surface area contributed by atoms with Crippen molar-refractivity contribution in [1.29, 1.82) is 0 Å². The molecule has 1 aromatic rings. The summed E-state index contributed by atoms with van der Waals surface area (Å²) in [5.41, 5.74) is 16.8. The standard InChI is InChI=1S/C16H28N4O3/c17-4-1-7-20-16(21)13-10-14(22-8-2-5-18)12-15(11-13)23-9-3-6-19/h10-12H,1-9,17-19H2,(H,20,21). The van der Waals surface area contributed by atoms with Gasteiger partial charge in [0, 0.05) is 18.2 Å². The van der Waals surface area contributed by atoms with Crippen LogP contribution >= 0.6 is 0 Å². The number of rotatable bonds is 12. The van der Waals surface area contributed by atoms with Gasteiger partial charge in [0.15, 0.2) is 0 Å². The SMILES string of the molecule is NCCCNC(=O)c1cc(OCCCN)cc(OCCCN)c1. The van der Waals surface area contributed by atoms with Crippen molar-refractivity contribution in [3.8, 4) is 11.5 Å². The highest BCUT2D eigenvalue weighted by atomic mass is 16.5. The van der Waals surface area contributed by atoms with E-state index in [0.29, 0.717) is 56.5 Å². The Labute approximate surface area is 137 Å². The van der Waals surface area contributed by atoms with Crippen LogP contribution in [0.3, 0.4) is 0 Å². The first-order valence-electron chi connectivity index (χ1n) is 8.00. The summed E-state index contributed by atoms with van der Waals surface area (Å²) in [6, 6.07) is 5.16. The summed E-state index contributed by atoms with van der Waals surface area (Å²) >= 11 is 0. The van der Waals surface area contributed by atoms with Crippen LogP contribution in [0.25, 0.3) is 0 Å². The molecule has 1 amide bonds. The number of ether oxygens (including phenoxy) is 2.